The van der Waals surface area contributed by atoms with Crippen LogP contribution in [0.1, 0.15) is 5.56 Å². The van der Waals surface area contributed by atoms with E-state index >= 15 is 0 Å². The van der Waals surface area contributed by atoms with E-state index in [0.29, 0.717) is 0 Å². The molecule has 2 aromatic carbocycles. The summed E-state index contributed by atoms with van der Waals surface area (Å²) in [7, 11) is 3.54. The summed E-state index contributed by atoms with van der Waals surface area (Å²) in [5, 5.41) is 0. The van der Waals surface area contributed by atoms with Gasteiger partial charge in [-0.15, -0.1) is 0 Å². The van der Waals surface area contributed by atoms with E-state index in [9.17, 15) is 4.79 Å². The molecule has 0 aliphatic heterocycles. The standard InChI is InChI=1S/C16H14BrN3O/c1-19-14-8-7-13(9-15(14)20(2)16(19)21)18-10-11-3-5-12(17)6-4-11/h3-10H,1-2H3. The lowest BCUT2D eigenvalue weighted by atomic mass is 10.2. The quantitative estimate of drug-likeness (QED) is 0.657. The smallest absolute Gasteiger partial charge is 0.295 e. The van der Waals surface area contributed by atoms with E-state index in [4.69, 9.17) is 0 Å². The number of benzene rings is 2. The molecule has 0 saturated heterocycles. The van der Waals surface area contributed by atoms with E-state index in [0.717, 1.165) is 26.8 Å². The Balaban J connectivity index is 2.00. The first kappa shape index (κ1) is 13.8. The summed E-state index contributed by atoms with van der Waals surface area (Å²) in [6.07, 6.45) is 1.81. The zero-order valence-corrected chi connectivity index (χ0v) is 13.3. The molecule has 0 radical (unpaired) electrons. The van der Waals surface area contributed by atoms with Crippen LogP contribution in [0.5, 0.6) is 0 Å². The number of hydrogen-bond acceptors (Lipinski definition) is 2. The highest BCUT2D eigenvalue weighted by Gasteiger charge is 2.07. The Bertz CT molecular complexity index is 888. The maximum absolute atomic E-state index is 11.9. The van der Waals surface area contributed by atoms with Crippen molar-refractivity contribution in [1.29, 1.82) is 0 Å². The van der Waals surface area contributed by atoms with Crippen LogP contribution in [-0.2, 0) is 14.1 Å². The fraction of sp³-hybridized carbons (Fsp3) is 0.125. The Labute approximate surface area is 130 Å². The predicted molar refractivity (Wildman–Crippen MR) is 89.6 cm³/mol. The number of aromatic nitrogens is 2. The van der Waals surface area contributed by atoms with E-state index in [1.54, 1.807) is 23.2 Å². The average Bonchev–Trinajstić information content (AvgIpc) is 2.71. The maximum Gasteiger partial charge on any atom is 0.328 e. The molecule has 5 heteroatoms. The summed E-state index contributed by atoms with van der Waals surface area (Å²) in [5.41, 5.74) is 3.61. The van der Waals surface area contributed by atoms with Crippen LogP contribution >= 0.6 is 15.9 Å². The molecule has 1 aromatic heterocycles. The second-order valence-corrected chi connectivity index (χ2v) is 5.80. The van der Waals surface area contributed by atoms with Crippen LogP contribution in [0.4, 0.5) is 5.69 Å². The molecule has 0 bridgehead atoms. The van der Waals surface area contributed by atoms with E-state index < -0.39 is 0 Å². The van der Waals surface area contributed by atoms with Crippen LogP contribution in [0, 0.1) is 0 Å². The van der Waals surface area contributed by atoms with Crippen LogP contribution in [0.3, 0.4) is 0 Å². The SMILES string of the molecule is Cn1c(=O)n(C)c2cc(N=Cc3ccc(Br)cc3)ccc21. The van der Waals surface area contributed by atoms with Gasteiger partial charge < -0.3 is 0 Å². The lowest BCUT2D eigenvalue weighted by Crippen LogP contribution is -2.19. The Morgan fingerprint density at radius 2 is 1.67 bits per heavy atom. The van der Waals surface area contributed by atoms with Crippen LogP contribution in [0.15, 0.2) is 56.7 Å². The third-order valence-corrected chi connectivity index (χ3v) is 4.02. The Morgan fingerprint density at radius 3 is 2.38 bits per heavy atom. The highest BCUT2D eigenvalue weighted by molar-refractivity contribution is 9.10. The Morgan fingerprint density at radius 1 is 1.00 bits per heavy atom. The summed E-state index contributed by atoms with van der Waals surface area (Å²) in [4.78, 5) is 16.4. The fourth-order valence-electron chi connectivity index (χ4n) is 2.27. The third kappa shape index (κ3) is 2.56. The van der Waals surface area contributed by atoms with Crippen LogP contribution in [-0.4, -0.2) is 15.3 Å². The number of nitrogens with zero attached hydrogens (tertiary/aromatic N) is 3. The molecule has 21 heavy (non-hydrogen) atoms. The molecule has 4 nitrogen and oxygen atoms in total. The van der Waals surface area contributed by atoms with Crippen molar-refractivity contribution in [3.8, 4) is 0 Å². The summed E-state index contributed by atoms with van der Waals surface area (Å²) in [6.45, 7) is 0. The van der Waals surface area contributed by atoms with Crippen molar-refractivity contribution in [3.63, 3.8) is 0 Å². The molecule has 0 aliphatic rings. The van der Waals surface area contributed by atoms with E-state index in [2.05, 4.69) is 20.9 Å². The second kappa shape index (κ2) is 5.33. The number of halogens is 1. The minimum absolute atomic E-state index is 0.0287. The Hall–Kier alpha value is -2.14. The van der Waals surface area contributed by atoms with Gasteiger partial charge in [-0.1, -0.05) is 28.1 Å². The molecule has 106 valence electrons. The van der Waals surface area contributed by atoms with Gasteiger partial charge in [0.1, 0.15) is 0 Å². The van der Waals surface area contributed by atoms with Gasteiger partial charge in [0.05, 0.1) is 16.7 Å². The monoisotopic (exact) mass is 343 g/mol. The summed E-state index contributed by atoms with van der Waals surface area (Å²) >= 11 is 3.41. The fourth-order valence-corrected chi connectivity index (χ4v) is 2.54. The first-order chi connectivity index (χ1) is 10.1. The van der Waals surface area contributed by atoms with Gasteiger partial charge in [0.25, 0.3) is 0 Å². The van der Waals surface area contributed by atoms with Crippen molar-refractivity contribution in [1.82, 2.24) is 9.13 Å². The first-order valence-electron chi connectivity index (χ1n) is 6.51. The highest BCUT2D eigenvalue weighted by atomic mass is 79.9. The summed E-state index contributed by atoms with van der Waals surface area (Å²) in [6, 6.07) is 13.7. The number of aliphatic imine (C=N–C) groups is 1. The van der Waals surface area contributed by atoms with Gasteiger partial charge in [0.15, 0.2) is 0 Å². The van der Waals surface area contributed by atoms with Crippen LogP contribution in [0.2, 0.25) is 0 Å². The van der Waals surface area contributed by atoms with Crippen molar-refractivity contribution in [2.45, 2.75) is 0 Å². The molecule has 0 amide bonds. The minimum Gasteiger partial charge on any atom is -0.295 e. The van der Waals surface area contributed by atoms with Crippen LogP contribution in [0.25, 0.3) is 11.0 Å². The number of imidazole rings is 1. The number of rotatable bonds is 2. The molecule has 0 atom stereocenters. The van der Waals surface area contributed by atoms with Gasteiger partial charge >= 0.3 is 5.69 Å². The second-order valence-electron chi connectivity index (χ2n) is 4.88. The van der Waals surface area contributed by atoms with Crippen LogP contribution < -0.4 is 5.69 Å². The normalized spacial score (nSPS) is 11.6. The third-order valence-electron chi connectivity index (χ3n) is 3.49. The lowest BCUT2D eigenvalue weighted by Gasteiger charge is -1.98. The average molecular weight is 344 g/mol. The van der Waals surface area contributed by atoms with Gasteiger partial charge in [-0.05, 0) is 35.9 Å². The minimum atomic E-state index is -0.0287. The van der Waals surface area contributed by atoms with Crippen molar-refractivity contribution in [2.75, 3.05) is 0 Å². The van der Waals surface area contributed by atoms with Crippen molar-refractivity contribution >= 4 is 38.9 Å². The molecule has 0 N–H and O–H groups in total. The van der Waals surface area contributed by atoms with Crippen molar-refractivity contribution in [3.05, 3.63) is 63.0 Å². The molecular weight excluding hydrogens is 330 g/mol. The molecule has 0 saturated carbocycles. The predicted octanol–water partition coefficient (Wildman–Crippen LogP) is 3.39. The van der Waals surface area contributed by atoms with Gasteiger partial charge in [0.2, 0.25) is 0 Å². The lowest BCUT2D eigenvalue weighted by molar-refractivity contribution is 0.795. The molecular formula is C16H14BrN3O. The maximum atomic E-state index is 11.9. The van der Waals surface area contributed by atoms with Gasteiger partial charge in [0, 0.05) is 24.8 Å². The van der Waals surface area contributed by atoms with E-state index in [1.165, 1.54) is 0 Å². The van der Waals surface area contributed by atoms with E-state index in [-0.39, 0.29) is 5.69 Å². The summed E-state index contributed by atoms with van der Waals surface area (Å²) in [5.74, 6) is 0. The topological polar surface area (TPSA) is 39.3 Å². The molecule has 0 fully saturated rings. The highest BCUT2D eigenvalue weighted by Crippen LogP contribution is 2.20. The zero-order valence-electron chi connectivity index (χ0n) is 11.7. The zero-order chi connectivity index (χ0) is 15.0. The number of fused-ring (bicyclic) bond motifs is 1. The molecule has 0 aliphatic carbocycles. The molecule has 3 aromatic rings. The van der Waals surface area contributed by atoms with Crippen molar-refractivity contribution in [2.24, 2.45) is 19.1 Å². The molecule has 3 rings (SSSR count). The molecule has 0 spiro atoms. The summed E-state index contributed by atoms with van der Waals surface area (Å²) < 4.78 is 4.31. The first-order valence-corrected chi connectivity index (χ1v) is 7.30. The number of hydrogen-bond donors (Lipinski definition) is 0. The largest absolute Gasteiger partial charge is 0.328 e. The molecule has 1 heterocycles. The van der Waals surface area contributed by atoms with Gasteiger partial charge in [-0.25, -0.2) is 4.79 Å². The van der Waals surface area contributed by atoms with Gasteiger partial charge in [-0.2, -0.15) is 0 Å². The van der Waals surface area contributed by atoms with Crippen molar-refractivity contribution < 1.29 is 0 Å². The molecule has 0 unspecified atom stereocenters. The van der Waals surface area contributed by atoms with Gasteiger partial charge in [-0.3, -0.25) is 14.1 Å². The number of aryl methyl sites for hydroxylation is 2. The van der Waals surface area contributed by atoms with E-state index in [1.807, 2.05) is 48.7 Å². The Kier molecular flexibility index (Phi) is 3.51.